The zero-order valence-corrected chi connectivity index (χ0v) is 18.7. The van der Waals surface area contributed by atoms with Gasteiger partial charge in [-0.1, -0.05) is 20.8 Å². The van der Waals surface area contributed by atoms with Gasteiger partial charge in [-0.15, -0.1) is 0 Å². The number of ether oxygens (including phenoxy) is 1. The van der Waals surface area contributed by atoms with Crippen LogP contribution in [-0.4, -0.2) is 40.5 Å². The average molecular weight is 446 g/mol. The van der Waals surface area contributed by atoms with Crippen LogP contribution in [0.4, 0.5) is 8.78 Å². The molecule has 0 radical (unpaired) electrons. The van der Waals surface area contributed by atoms with E-state index in [-0.39, 0.29) is 11.5 Å². The van der Waals surface area contributed by atoms with Crippen LogP contribution in [0.2, 0.25) is 0 Å². The van der Waals surface area contributed by atoms with Gasteiger partial charge in [0.1, 0.15) is 11.5 Å². The molecule has 172 valence electrons. The van der Waals surface area contributed by atoms with Gasteiger partial charge in [-0.2, -0.15) is 0 Å². The third kappa shape index (κ3) is 4.75. The number of carbonyl (C=O) groups excluding carboxylic acids is 2. The Kier molecular flexibility index (Phi) is 6.16. The number of carbonyl (C=O) groups is 2. The summed E-state index contributed by atoms with van der Waals surface area (Å²) in [4.78, 5) is 30.8. The number of benzene rings is 1. The van der Waals surface area contributed by atoms with Crippen LogP contribution in [0.15, 0.2) is 18.2 Å². The largest absolute Gasteiger partial charge is 0.379 e. The summed E-state index contributed by atoms with van der Waals surface area (Å²) in [6.07, 6.45) is 3.04. The molecule has 1 fully saturated rings. The van der Waals surface area contributed by atoms with Crippen LogP contribution < -0.4 is 5.32 Å². The SMILES string of the molecule is CC(C)(C)[C@H](NC(=O)c1nc(-c2ccc(F)c(F)c2)n2c1CCOCC2)C(=O)CC1CC1. The van der Waals surface area contributed by atoms with Gasteiger partial charge < -0.3 is 14.6 Å². The van der Waals surface area contributed by atoms with Crippen LogP contribution in [-0.2, 0) is 22.5 Å². The molecule has 1 aromatic heterocycles. The monoisotopic (exact) mass is 445 g/mol. The standard InChI is InChI=1S/C24H29F2N3O3/c1-24(2,3)21(19(30)12-14-4-5-14)28-23(31)20-18-8-10-32-11-9-29(18)22(27-20)15-6-7-16(25)17(26)13-15/h6-7,13-14,21H,4-5,8-12H2,1-3H3,(H,28,31)/t21-/m1/s1. The summed E-state index contributed by atoms with van der Waals surface area (Å²) < 4.78 is 34.7. The number of halogens is 2. The maximum Gasteiger partial charge on any atom is 0.272 e. The lowest BCUT2D eigenvalue weighted by molar-refractivity contribution is -0.123. The highest BCUT2D eigenvalue weighted by molar-refractivity contribution is 5.98. The van der Waals surface area contributed by atoms with Crippen molar-refractivity contribution in [2.75, 3.05) is 13.2 Å². The van der Waals surface area contributed by atoms with Crippen molar-refractivity contribution in [1.82, 2.24) is 14.9 Å². The quantitative estimate of drug-likeness (QED) is 0.732. The first-order valence-electron chi connectivity index (χ1n) is 11.1. The van der Waals surface area contributed by atoms with Gasteiger partial charge in [0.05, 0.1) is 24.9 Å². The topological polar surface area (TPSA) is 73.2 Å². The van der Waals surface area contributed by atoms with E-state index >= 15 is 0 Å². The van der Waals surface area contributed by atoms with Crippen LogP contribution >= 0.6 is 0 Å². The summed E-state index contributed by atoms with van der Waals surface area (Å²) in [5.41, 5.74) is 0.790. The van der Waals surface area contributed by atoms with Crippen molar-refractivity contribution in [3.8, 4) is 11.4 Å². The summed E-state index contributed by atoms with van der Waals surface area (Å²) in [6, 6.07) is 2.93. The number of fused-ring (bicyclic) bond motifs is 1. The van der Waals surface area contributed by atoms with Crippen LogP contribution in [0.5, 0.6) is 0 Å². The predicted octanol–water partition coefficient (Wildman–Crippen LogP) is 3.91. The molecule has 0 spiro atoms. The molecule has 1 N–H and O–H groups in total. The van der Waals surface area contributed by atoms with Crippen LogP contribution in [0.25, 0.3) is 11.4 Å². The van der Waals surface area contributed by atoms with Crippen LogP contribution in [0.1, 0.15) is 56.2 Å². The Labute approximate surface area is 186 Å². The molecule has 2 heterocycles. The first kappa shape index (κ1) is 22.6. The first-order chi connectivity index (χ1) is 15.1. The number of imidazole rings is 1. The number of Topliss-reactive ketones (excluding diaryl/α,β-unsaturated/α-hetero) is 1. The number of hydrogen-bond acceptors (Lipinski definition) is 4. The van der Waals surface area contributed by atoms with E-state index in [0.717, 1.165) is 25.0 Å². The van der Waals surface area contributed by atoms with E-state index in [1.54, 1.807) is 0 Å². The molecule has 0 bridgehead atoms. The van der Waals surface area contributed by atoms with Crippen LogP contribution in [0.3, 0.4) is 0 Å². The molecule has 2 aromatic rings. The second kappa shape index (κ2) is 8.73. The van der Waals surface area contributed by atoms with Crippen molar-refractivity contribution < 1.29 is 23.1 Å². The Morgan fingerprint density at radius 2 is 1.97 bits per heavy atom. The van der Waals surface area contributed by atoms with Gasteiger partial charge >= 0.3 is 0 Å². The lowest BCUT2D eigenvalue weighted by atomic mass is 9.82. The van der Waals surface area contributed by atoms with Crippen molar-refractivity contribution in [3.05, 3.63) is 41.2 Å². The lowest BCUT2D eigenvalue weighted by Crippen LogP contribution is -2.49. The summed E-state index contributed by atoms with van der Waals surface area (Å²) in [5, 5.41) is 2.92. The molecule has 1 amide bonds. The summed E-state index contributed by atoms with van der Waals surface area (Å²) >= 11 is 0. The number of nitrogens with zero attached hydrogens (tertiary/aromatic N) is 2. The van der Waals surface area contributed by atoms with E-state index in [9.17, 15) is 18.4 Å². The molecule has 1 atom stereocenters. The summed E-state index contributed by atoms with van der Waals surface area (Å²) in [6.45, 7) is 7.07. The van der Waals surface area contributed by atoms with Gasteiger partial charge in [0.2, 0.25) is 0 Å². The first-order valence-corrected chi connectivity index (χ1v) is 11.1. The Morgan fingerprint density at radius 1 is 1.22 bits per heavy atom. The fourth-order valence-corrected chi connectivity index (χ4v) is 4.15. The van der Waals surface area contributed by atoms with Crippen molar-refractivity contribution in [3.63, 3.8) is 0 Å². The number of rotatable bonds is 6. The van der Waals surface area contributed by atoms with Gasteiger partial charge in [0.25, 0.3) is 5.91 Å². The van der Waals surface area contributed by atoms with E-state index in [2.05, 4.69) is 10.3 Å². The minimum atomic E-state index is -0.978. The maximum atomic E-state index is 13.9. The Bertz CT molecular complexity index is 1040. The Hall–Kier alpha value is -2.61. The number of ketones is 1. The van der Waals surface area contributed by atoms with Crippen molar-refractivity contribution in [2.24, 2.45) is 11.3 Å². The fourth-order valence-electron chi connectivity index (χ4n) is 4.15. The maximum absolute atomic E-state index is 13.9. The minimum absolute atomic E-state index is 0.0304. The van der Waals surface area contributed by atoms with Crippen molar-refractivity contribution in [2.45, 2.75) is 59.0 Å². The Balaban J connectivity index is 1.68. The van der Waals surface area contributed by atoms with Crippen LogP contribution in [0, 0.1) is 23.0 Å². The average Bonchev–Trinajstić information content (AvgIpc) is 3.51. The highest BCUT2D eigenvalue weighted by Crippen LogP contribution is 2.35. The molecule has 32 heavy (non-hydrogen) atoms. The smallest absolute Gasteiger partial charge is 0.272 e. The highest BCUT2D eigenvalue weighted by atomic mass is 19.2. The van der Waals surface area contributed by atoms with E-state index in [1.807, 2.05) is 25.3 Å². The zero-order valence-electron chi connectivity index (χ0n) is 18.7. The number of aromatic nitrogens is 2. The molecule has 4 rings (SSSR count). The normalized spacial score (nSPS) is 17.4. The second-order valence-electron chi connectivity index (χ2n) is 9.76. The molecule has 1 saturated carbocycles. The zero-order chi connectivity index (χ0) is 23.0. The minimum Gasteiger partial charge on any atom is -0.379 e. The molecule has 2 aliphatic rings. The molecule has 0 unspecified atom stereocenters. The highest BCUT2D eigenvalue weighted by Gasteiger charge is 2.37. The molecule has 1 aliphatic heterocycles. The fraction of sp³-hybridized carbons (Fsp3) is 0.542. The Morgan fingerprint density at radius 3 is 2.62 bits per heavy atom. The van der Waals surface area contributed by atoms with E-state index < -0.39 is 29.0 Å². The van der Waals surface area contributed by atoms with E-state index in [1.165, 1.54) is 6.07 Å². The number of nitrogens with one attached hydrogen (secondary N) is 1. The number of hydrogen-bond donors (Lipinski definition) is 1. The predicted molar refractivity (Wildman–Crippen MR) is 115 cm³/mol. The molecular weight excluding hydrogens is 416 g/mol. The summed E-state index contributed by atoms with van der Waals surface area (Å²) in [7, 11) is 0. The molecular formula is C24H29F2N3O3. The van der Waals surface area contributed by atoms with E-state index in [4.69, 9.17) is 4.74 Å². The molecule has 0 saturated heterocycles. The molecule has 6 nitrogen and oxygen atoms in total. The van der Waals surface area contributed by atoms with Gasteiger partial charge in [-0.3, -0.25) is 9.59 Å². The van der Waals surface area contributed by atoms with Gasteiger partial charge in [0, 0.05) is 24.9 Å². The second-order valence-corrected chi connectivity index (χ2v) is 9.76. The summed E-state index contributed by atoms with van der Waals surface area (Å²) in [5.74, 6) is -1.53. The van der Waals surface area contributed by atoms with Crippen molar-refractivity contribution >= 4 is 11.7 Å². The van der Waals surface area contributed by atoms with Gasteiger partial charge in [-0.05, 0) is 42.4 Å². The van der Waals surface area contributed by atoms with Gasteiger partial charge in [-0.25, -0.2) is 13.8 Å². The van der Waals surface area contributed by atoms with E-state index in [0.29, 0.717) is 55.6 Å². The van der Waals surface area contributed by atoms with Gasteiger partial charge in [0.15, 0.2) is 17.4 Å². The third-order valence-electron chi connectivity index (χ3n) is 6.06. The number of amides is 1. The molecule has 1 aliphatic carbocycles. The molecule has 8 heteroatoms. The third-order valence-corrected chi connectivity index (χ3v) is 6.06. The molecule has 1 aromatic carbocycles. The van der Waals surface area contributed by atoms with Crippen molar-refractivity contribution in [1.29, 1.82) is 0 Å². The lowest BCUT2D eigenvalue weighted by Gasteiger charge is -2.30.